The SMILES string of the molecule is C=C(CNC1CC1)CN1CCN(c2cccc(C)c2)CC1. The Morgan fingerprint density at radius 1 is 1.24 bits per heavy atom. The highest BCUT2D eigenvalue weighted by atomic mass is 15.3. The summed E-state index contributed by atoms with van der Waals surface area (Å²) in [4.78, 5) is 5.03. The standard InChI is InChI=1S/C18H27N3/c1-15-4-3-5-18(12-15)21-10-8-20(9-11-21)14-16(2)13-19-17-6-7-17/h3-5,12,17,19H,2,6-11,13-14H2,1H3. The van der Waals surface area contributed by atoms with Crippen molar-refractivity contribution in [3.8, 4) is 0 Å². The van der Waals surface area contributed by atoms with E-state index in [0.29, 0.717) is 0 Å². The Bertz CT molecular complexity index is 485. The smallest absolute Gasteiger partial charge is 0.0369 e. The van der Waals surface area contributed by atoms with E-state index in [-0.39, 0.29) is 0 Å². The molecule has 0 unspecified atom stereocenters. The molecule has 2 aliphatic rings. The average Bonchev–Trinajstić information content (AvgIpc) is 3.30. The monoisotopic (exact) mass is 285 g/mol. The Balaban J connectivity index is 1.43. The fourth-order valence-electron chi connectivity index (χ4n) is 2.94. The molecule has 3 heteroatoms. The zero-order valence-electron chi connectivity index (χ0n) is 13.1. The molecular weight excluding hydrogens is 258 g/mol. The topological polar surface area (TPSA) is 18.5 Å². The van der Waals surface area contributed by atoms with E-state index in [1.165, 1.54) is 29.7 Å². The second kappa shape index (κ2) is 6.63. The Morgan fingerprint density at radius 3 is 2.67 bits per heavy atom. The van der Waals surface area contributed by atoms with Crippen LogP contribution in [0.3, 0.4) is 0 Å². The highest BCUT2D eigenvalue weighted by Gasteiger charge is 2.21. The Hall–Kier alpha value is -1.32. The number of benzene rings is 1. The summed E-state index contributed by atoms with van der Waals surface area (Å²) in [6.45, 7) is 12.9. The first-order valence-electron chi connectivity index (χ1n) is 8.15. The van der Waals surface area contributed by atoms with Gasteiger partial charge >= 0.3 is 0 Å². The molecule has 114 valence electrons. The van der Waals surface area contributed by atoms with Crippen LogP contribution >= 0.6 is 0 Å². The molecule has 1 aromatic rings. The maximum Gasteiger partial charge on any atom is 0.0369 e. The first-order chi connectivity index (χ1) is 10.2. The van der Waals surface area contributed by atoms with E-state index >= 15 is 0 Å². The van der Waals surface area contributed by atoms with E-state index in [1.807, 2.05) is 0 Å². The van der Waals surface area contributed by atoms with Crippen molar-refractivity contribution in [1.82, 2.24) is 10.2 Å². The van der Waals surface area contributed by atoms with Gasteiger partial charge in [0.2, 0.25) is 0 Å². The number of piperazine rings is 1. The normalized spacial score (nSPS) is 19.8. The number of aryl methyl sites for hydroxylation is 1. The van der Waals surface area contributed by atoms with Crippen LogP contribution in [0.4, 0.5) is 5.69 Å². The minimum atomic E-state index is 0.778. The summed E-state index contributed by atoms with van der Waals surface area (Å²) < 4.78 is 0. The molecule has 1 saturated heterocycles. The van der Waals surface area contributed by atoms with Crippen molar-refractivity contribution in [2.24, 2.45) is 0 Å². The van der Waals surface area contributed by atoms with Crippen LogP contribution in [0, 0.1) is 6.92 Å². The summed E-state index contributed by atoms with van der Waals surface area (Å²) in [5, 5.41) is 3.55. The number of hydrogen-bond donors (Lipinski definition) is 1. The summed E-state index contributed by atoms with van der Waals surface area (Å²) in [5.74, 6) is 0. The van der Waals surface area contributed by atoms with Crippen molar-refractivity contribution >= 4 is 5.69 Å². The molecule has 3 rings (SSSR count). The predicted molar refractivity (Wildman–Crippen MR) is 90.0 cm³/mol. The first kappa shape index (κ1) is 14.6. The van der Waals surface area contributed by atoms with Crippen LogP contribution in [-0.2, 0) is 0 Å². The van der Waals surface area contributed by atoms with Gasteiger partial charge in [0.25, 0.3) is 0 Å². The maximum atomic E-state index is 4.22. The molecule has 0 aromatic heterocycles. The molecule has 21 heavy (non-hydrogen) atoms. The summed E-state index contributed by atoms with van der Waals surface area (Å²) in [5.41, 5.74) is 4.03. The number of anilines is 1. The van der Waals surface area contributed by atoms with Crippen LogP contribution < -0.4 is 10.2 Å². The predicted octanol–water partition coefficient (Wildman–Crippen LogP) is 2.43. The van der Waals surface area contributed by atoms with Gasteiger partial charge in [0, 0.05) is 51.0 Å². The van der Waals surface area contributed by atoms with Crippen molar-refractivity contribution in [3.05, 3.63) is 42.0 Å². The van der Waals surface area contributed by atoms with Crippen LogP contribution in [0.25, 0.3) is 0 Å². The van der Waals surface area contributed by atoms with Crippen molar-refractivity contribution in [3.63, 3.8) is 0 Å². The van der Waals surface area contributed by atoms with Gasteiger partial charge < -0.3 is 10.2 Å². The van der Waals surface area contributed by atoms with Crippen molar-refractivity contribution in [1.29, 1.82) is 0 Å². The third-order valence-corrected chi connectivity index (χ3v) is 4.40. The molecule has 0 radical (unpaired) electrons. The molecule has 1 aliphatic heterocycles. The fraction of sp³-hybridized carbons (Fsp3) is 0.556. The van der Waals surface area contributed by atoms with Gasteiger partial charge in [-0.25, -0.2) is 0 Å². The zero-order valence-corrected chi connectivity index (χ0v) is 13.1. The largest absolute Gasteiger partial charge is 0.369 e. The number of nitrogens with zero attached hydrogens (tertiary/aromatic N) is 2. The molecular formula is C18H27N3. The fourth-order valence-corrected chi connectivity index (χ4v) is 2.94. The van der Waals surface area contributed by atoms with Gasteiger partial charge in [-0.2, -0.15) is 0 Å². The van der Waals surface area contributed by atoms with E-state index in [2.05, 4.69) is 52.9 Å². The number of nitrogens with one attached hydrogen (secondary N) is 1. The van der Waals surface area contributed by atoms with E-state index in [4.69, 9.17) is 0 Å². The van der Waals surface area contributed by atoms with Crippen LogP contribution in [0.1, 0.15) is 18.4 Å². The zero-order chi connectivity index (χ0) is 14.7. The van der Waals surface area contributed by atoms with E-state index < -0.39 is 0 Å². The second-order valence-corrected chi connectivity index (χ2v) is 6.51. The van der Waals surface area contributed by atoms with Crippen LogP contribution in [0.5, 0.6) is 0 Å². The maximum absolute atomic E-state index is 4.22. The molecule has 1 aliphatic carbocycles. The summed E-state index contributed by atoms with van der Waals surface area (Å²) >= 11 is 0. The molecule has 0 amide bonds. The highest BCUT2D eigenvalue weighted by Crippen LogP contribution is 2.19. The third-order valence-electron chi connectivity index (χ3n) is 4.40. The lowest BCUT2D eigenvalue weighted by atomic mass is 10.2. The minimum Gasteiger partial charge on any atom is -0.369 e. The molecule has 1 N–H and O–H groups in total. The molecule has 0 spiro atoms. The van der Waals surface area contributed by atoms with E-state index in [0.717, 1.165) is 45.3 Å². The minimum absolute atomic E-state index is 0.778. The van der Waals surface area contributed by atoms with E-state index in [9.17, 15) is 0 Å². The van der Waals surface area contributed by atoms with Gasteiger partial charge in [0.15, 0.2) is 0 Å². The Kier molecular flexibility index (Phi) is 4.61. The van der Waals surface area contributed by atoms with Gasteiger partial charge in [0.1, 0.15) is 0 Å². The molecule has 3 nitrogen and oxygen atoms in total. The lowest BCUT2D eigenvalue weighted by molar-refractivity contribution is 0.276. The molecule has 1 saturated carbocycles. The van der Waals surface area contributed by atoms with Crippen molar-refractivity contribution in [2.75, 3.05) is 44.2 Å². The van der Waals surface area contributed by atoms with Gasteiger partial charge in [-0.05, 0) is 43.0 Å². The van der Waals surface area contributed by atoms with Crippen LogP contribution in [0.15, 0.2) is 36.4 Å². The highest BCUT2D eigenvalue weighted by molar-refractivity contribution is 5.48. The van der Waals surface area contributed by atoms with E-state index in [1.54, 1.807) is 0 Å². The Morgan fingerprint density at radius 2 is 2.00 bits per heavy atom. The molecule has 1 aromatic carbocycles. The molecule has 0 atom stereocenters. The van der Waals surface area contributed by atoms with Crippen molar-refractivity contribution in [2.45, 2.75) is 25.8 Å². The molecule has 0 bridgehead atoms. The lowest BCUT2D eigenvalue weighted by Gasteiger charge is -2.36. The van der Waals surface area contributed by atoms with Crippen molar-refractivity contribution < 1.29 is 0 Å². The average molecular weight is 285 g/mol. The van der Waals surface area contributed by atoms with Crippen LogP contribution in [0.2, 0.25) is 0 Å². The number of hydrogen-bond acceptors (Lipinski definition) is 3. The van der Waals surface area contributed by atoms with Gasteiger partial charge in [-0.1, -0.05) is 18.7 Å². The quantitative estimate of drug-likeness (QED) is 0.810. The van der Waals surface area contributed by atoms with Crippen LogP contribution in [-0.4, -0.2) is 50.2 Å². The van der Waals surface area contributed by atoms with Gasteiger partial charge in [-0.3, -0.25) is 4.90 Å². The first-order valence-corrected chi connectivity index (χ1v) is 8.15. The summed E-state index contributed by atoms with van der Waals surface area (Å²) in [6, 6.07) is 9.61. The Labute approximate surface area is 128 Å². The third kappa shape index (κ3) is 4.32. The molecule has 1 heterocycles. The van der Waals surface area contributed by atoms with Gasteiger partial charge in [-0.15, -0.1) is 0 Å². The summed E-state index contributed by atoms with van der Waals surface area (Å²) in [7, 11) is 0. The number of rotatable bonds is 6. The second-order valence-electron chi connectivity index (χ2n) is 6.51. The lowest BCUT2D eigenvalue weighted by Crippen LogP contribution is -2.47. The van der Waals surface area contributed by atoms with Gasteiger partial charge in [0.05, 0.1) is 0 Å². The molecule has 2 fully saturated rings. The summed E-state index contributed by atoms with van der Waals surface area (Å²) in [6.07, 6.45) is 2.70.